The lowest BCUT2D eigenvalue weighted by atomic mass is 10.0. The Morgan fingerprint density at radius 3 is 2.25 bits per heavy atom. The van der Waals surface area contributed by atoms with Gasteiger partial charge in [0, 0.05) is 17.6 Å². The predicted molar refractivity (Wildman–Crippen MR) is 87.8 cm³/mol. The van der Waals surface area contributed by atoms with E-state index in [2.05, 4.69) is 38.2 Å². The van der Waals surface area contributed by atoms with E-state index in [1.54, 1.807) is 0 Å². The lowest BCUT2D eigenvalue weighted by molar-refractivity contribution is 0.354. The van der Waals surface area contributed by atoms with Crippen molar-refractivity contribution in [3.8, 4) is 5.75 Å². The van der Waals surface area contributed by atoms with Crippen LogP contribution < -0.4 is 10.1 Å². The summed E-state index contributed by atoms with van der Waals surface area (Å²) in [6.45, 7) is 11.7. The second kappa shape index (κ2) is 7.35. The molecule has 0 radical (unpaired) electrons. The van der Waals surface area contributed by atoms with E-state index in [9.17, 15) is 0 Å². The molecule has 1 N–H and O–H groups in total. The molecule has 0 unspecified atom stereocenters. The molecule has 0 fully saturated rings. The van der Waals surface area contributed by atoms with Gasteiger partial charge in [0.1, 0.15) is 12.4 Å². The number of benzene rings is 1. The van der Waals surface area contributed by atoms with Crippen LogP contribution in [0.5, 0.6) is 5.75 Å². The molecular weight excluding hydrogens is 293 g/mol. The summed E-state index contributed by atoms with van der Waals surface area (Å²) in [4.78, 5) is 0. The molecular formula is C16H23Cl2NO. The first-order valence-electron chi connectivity index (χ1n) is 6.65. The minimum Gasteiger partial charge on any atom is -0.487 e. The third-order valence-electron chi connectivity index (χ3n) is 2.82. The number of hydrogen-bond acceptors (Lipinski definition) is 2. The first-order chi connectivity index (χ1) is 9.23. The van der Waals surface area contributed by atoms with Gasteiger partial charge in [-0.25, -0.2) is 0 Å². The summed E-state index contributed by atoms with van der Waals surface area (Å²) < 4.78 is 5.72. The third-order valence-corrected chi connectivity index (χ3v) is 3.41. The monoisotopic (exact) mass is 315 g/mol. The van der Waals surface area contributed by atoms with Gasteiger partial charge in [-0.2, -0.15) is 0 Å². The Bertz CT molecular complexity index is 467. The molecule has 0 aromatic heterocycles. The van der Waals surface area contributed by atoms with Crippen LogP contribution in [0.3, 0.4) is 0 Å². The molecule has 0 spiro atoms. The summed E-state index contributed by atoms with van der Waals surface area (Å²) in [5.74, 6) is 0.876. The largest absolute Gasteiger partial charge is 0.487 e. The SMILES string of the molecule is Cc1cc(CNC(C)(C)C)cc(C)c1OCC(Cl)=CCl. The van der Waals surface area contributed by atoms with Gasteiger partial charge in [0.2, 0.25) is 0 Å². The average Bonchev–Trinajstić information content (AvgIpc) is 2.34. The fourth-order valence-electron chi connectivity index (χ4n) is 1.91. The third kappa shape index (κ3) is 5.74. The standard InChI is InChI=1S/C16H23Cl2NO/c1-11-6-13(9-19-16(3,4)5)7-12(2)15(11)20-10-14(18)8-17/h6-8,19H,9-10H2,1-5H3. The Labute approximate surface area is 132 Å². The van der Waals surface area contributed by atoms with E-state index in [0.29, 0.717) is 11.6 Å². The highest BCUT2D eigenvalue weighted by atomic mass is 35.5. The lowest BCUT2D eigenvalue weighted by Gasteiger charge is -2.21. The van der Waals surface area contributed by atoms with Crippen molar-refractivity contribution in [3.63, 3.8) is 0 Å². The minimum absolute atomic E-state index is 0.107. The second-order valence-corrected chi connectivity index (χ2v) is 6.71. The first kappa shape index (κ1) is 17.4. The van der Waals surface area contributed by atoms with Crippen molar-refractivity contribution in [2.75, 3.05) is 6.61 Å². The summed E-state index contributed by atoms with van der Waals surface area (Å²) in [6, 6.07) is 4.28. The van der Waals surface area contributed by atoms with Crippen LogP contribution in [0.1, 0.15) is 37.5 Å². The smallest absolute Gasteiger partial charge is 0.125 e. The van der Waals surface area contributed by atoms with Crippen molar-refractivity contribution in [2.24, 2.45) is 0 Å². The van der Waals surface area contributed by atoms with Gasteiger partial charge in [0.25, 0.3) is 0 Å². The first-order valence-corrected chi connectivity index (χ1v) is 7.47. The fraction of sp³-hybridized carbons (Fsp3) is 0.500. The normalized spacial score (nSPS) is 12.7. The molecule has 2 nitrogen and oxygen atoms in total. The Kier molecular flexibility index (Phi) is 6.38. The molecule has 0 bridgehead atoms. The van der Waals surface area contributed by atoms with E-state index in [1.165, 1.54) is 11.1 Å². The van der Waals surface area contributed by atoms with E-state index in [4.69, 9.17) is 27.9 Å². The topological polar surface area (TPSA) is 21.3 Å². The summed E-state index contributed by atoms with van der Waals surface area (Å²) in [6.07, 6.45) is 0. The van der Waals surface area contributed by atoms with Crippen LogP contribution in [0, 0.1) is 13.8 Å². The zero-order valence-electron chi connectivity index (χ0n) is 12.8. The van der Waals surface area contributed by atoms with E-state index < -0.39 is 0 Å². The van der Waals surface area contributed by atoms with Crippen LogP contribution in [0.25, 0.3) is 0 Å². The molecule has 1 aromatic rings. The second-order valence-electron chi connectivity index (χ2n) is 6.01. The average molecular weight is 316 g/mol. The molecule has 0 aliphatic heterocycles. The van der Waals surface area contributed by atoms with Crippen molar-refractivity contribution >= 4 is 23.2 Å². The van der Waals surface area contributed by atoms with Gasteiger partial charge in [0.15, 0.2) is 0 Å². The zero-order valence-corrected chi connectivity index (χ0v) is 14.3. The summed E-state index contributed by atoms with van der Waals surface area (Å²) >= 11 is 11.4. The number of nitrogens with one attached hydrogen (secondary N) is 1. The van der Waals surface area contributed by atoms with E-state index in [0.717, 1.165) is 23.4 Å². The van der Waals surface area contributed by atoms with Crippen molar-refractivity contribution in [1.29, 1.82) is 0 Å². The number of hydrogen-bond donors (Lipinski definition) is 1. The van der Waals surface area contributed by atoms with Crippen LogP contribution >= 0.6 is 23.2 Å². The van der Waals surface area contributed by atoms with Crippen LogP contribution in [0.4, 0.5) is 0 Å². The molecule has 0 saturated carbocycles. The maximum absolute atomic E-state index is 5.85. The number of ether oxygens (including phenoxy) is 1. The van der Waals surface area contributed by atoms with Gasteiger partial charge >= 0.3 is 0 Å². The van der Waals surface area contributed by atoms with Crippen molar-refractivity contribution < 1.29 is 4.74 Å². The van der Waals surface area contributed by atoms with Crippen molar-refractivity contribution in [3.05, 3.63) is 39.4 Å². The van der Waals surface area contributed by atoms with Gasteiger partial charge in [-0.3, -0.25) is 0 Å². The van der Waals surface area contributed by atoms with Gasteiger partial charge in [-0.15, -0.1) is 0 Å². The van der Waals surface area contributed by atoms with E-state index in [-0.39, 0.29) is 5.54 Å². The molecule has 20 heavy (non-hydrogen) atoms. The van der Waals surface area contributed by atoms with Crippen LogP contribution in [0.2, 0.25) is 0 Å². The maximum Gasteiger partial charge on any atom is 0.125 e. The van der Waals surface area contributed by atoms with E-state index in [1.807, 2.05) is 13.8 Å². The molecule has 0 amide bonds. The number of halogens is 2. The molecule has 0 atom stereocenters. The van der Waals surface area contributed by atoms with Crippen molar-refractivity contribution in [1.82, 2.24) is 5.32 Å². The van der Waals surface area contributed by atoms with E-state index >= 15 is 0 Å². The van der Waals surface area contributed by atoms with Crippen LogP contribution in [-0.4, -0.2) is 12.1 Å². The Hall–Kier alpha value is -0.700. The number of rotatable bonds is 5. The molecule has 112 valence electrons. The molecule has 1 aromatic carbocycles. The molecule has 4 heteroatoms. The van der Waals surface area contributed by atoms with Crippen molar-refractivity contribution in [2.45, 2.75) is 46.7 Å². The quantitative estimate of drug-likeness (QED) is 0.835. The van der Waals surface area contributed by atoms with Crippen LogP contribution in [0.15, 0.2) is 22.7 Å². The highest BCUT2D eigenvalue weighted by molar-refractivity contribution is 6.36. The maximum atomic E-state index is 5.85. The van der Waals surface area contributed by atoms with Crippen LogP contribution in [-0.2, 0) is 6.54 Å². The summed E-state index contributed by atoms with van der Waals surface area (Å²) in [7, 11) is 0. The molecule has 0 saturated heterocycles. The molecule has 1 rings (SSSR count). The lowest BCUT2D eigenvalue weighted by Crippen LogP contribution is -2.35. The molecule has 0 aliphatic rings. The highest BCUT2D eigenvalue weighted by Gasteiger charge is 2.11. The molecule has 0 heterocycles. The van der Waals surface area contributed by atoms with Gasteiger partial charge in [-0.05, 0) is 51.3 Å². The van der Waals surface area contributed by atoms with Gasteiger partial charge in [0.05, 0.1) is 5.03 Å². The Balaban J connectivity index is 2.81. The van der Waals surface area contributed by atoms with Gasteiger partial charge in [-0.1, -0.05) is 35.3 Å². The zero-order chi connectivity index (χ0) is 15.3. The fourth-order valence-corrected chi connectivity index (χ4v) is 2.03. The number of aryl methyl sites for hydroxylation is 2. The minimum atomic E-state index is 0.107. The summed E-state index contributed by atoms with van der Waals surface area (Å²) in [5.41, 5.74) is 4.90. The van der Waals surface area contributed by atoms with Gasteiger partial charge < -0.3 is 10.1 Å². The molecule has 0 aliphatic carbocycles. The summed E-state index contributed by atoms with van der Waals surface area (Å²) in [5, 5.41) is 3.97. The Morgan fingerprint density at radius 1 is 1.25 bits per heavy atom. The highest BCUT2D eigenvalue weighted by Crippen LogP contribution is 2.26. The Morgan fingerprint density at radius 2 is 1.80 bits per heavy atom. The predicted octanol–water partition coefficient (Wildman–Crippen LogP) is 4.89.